The Morgan fingerprint density at radius 3 is 2.38 bits per heavy atom. The lowest BCUT2D eigenvalue weighted by molar-refractivity contribution is -0.298. The van der Waals surface area contributed by atoms with Gasteiger partial charge in [0.1, 0.15) is 0 Å². The second-order valence-corrected chi connectivity index (χ2v) is 8.93. The van der Waals surface area contributed by atoms with Crippen LogP contribution in [0.15, 0.2) is 0 Å². The molecule has 0 N–H and O–H groups in total. The Hall–Kier alpha value is -0.210. The van der Waals surface area contributed by atoms with E-state index in [0.29, 0.717) is 13.2 Å². The highest BCUT2D eigenvalue weighted by Crippen LogP contribution is 2.84. The zero-order valence-electron chi connectivity index (χ0n) is 13.0. The van der Waals surface area contributed by atoms with E-state index in [0.717, 1.165) is 12.8 Å². The zero-order valence-corrected chi connectivity index (χ0v) is 13.8. The molecular weight excluding hydrogens is 294 g/mol. The third-order valence-corrected chi connectivity index (χ3v) is 8.08. The third kappa shape index (κ3) is 1.15. The molecule has 120 valence electrons. The van der Waals surface area contributed by atoms with Gasteiger partial charge in [0.15, 0.2) is 0 Å². The van der Waals surface area contributed by atoms with Crippen molar-refractivity contribution in [3.8, 4) is 0 Å². The van der Waals surface area contributed by atoms with Gasteiger partial charge in [0.05, 0.1) is 5.75 Å². The fraction of sp³-hybridized carbons (Fsp3) is 1.00. The van der Waals surface area contributed by atoms with Crippen LogP contribution in [0.4, 0.5) is 0 Å². The van der Waals surface area contributed by atoms with Crippen molar-refractivity contribution < 1.29 is 22.7 Å². The van der Waals surface area contributed by atoms with Gasteiger partial charge in [0.2, 0.25) is 21.5 Å². The molecule has 2 spiro atoms. The van der Waals surface area contributed by atoms with Crippen molar-refractivity contribution in [1.29, 1.82) is 0 Å². The fourth-order valence-corrected chi connectivity index (χ4v) is 8.01. The molecule has 7 heteroatoms. The van der Waals surface area contributed by atoms with Gasteiger partial charge in [-0.1, -0.05) is 13.8 Å². The van der Waals surface area contributed by atoms with Gasteiger partial charge in [0, 0.05) is 24.5 Å². The zero-order chi connectivity index (χ0) is 15.3. The molecule has 1 unspecified atom stereocenters. The molecular formula is C14H23NO5S. The van der Waals surface area contributed by atoms with E-state index >= 15 is 0 Å². The van der Waals surface area contributed by atoms with Crippen LogP contribution in [-0.4, -0.2) is 43.4 Å². The normalized spacial score (nSPS) is 49.9. The van der Waals surface area contributed by atoms with E-state index in [1.165, 1.54) is 4.47 Å². The molecule has 6 nitrogen and oxygen atoms in total. The average molecular weight is 317 g/mol. The fourth-order valence-electron chi connectivity index (χ4n) is 5.65. The molecule has 0 radical (unpaired) electrons. The maximum Gasteiger partial charge on any atom is 0.242 e. The SMILES string of the molecule is CCOC1(OCC)[C@H]2CC[C@]3(CS(=O)(=O)N4O[C@@]413)C2(C)C. The summed E-state index contributed by atoms with van der Waals surface area (Å²) in [6.45, 7) is 9.07. The van der Waals surface area contributed by atoms with Crippen molar-refractivity contribution in [1.82, 2.24) is 4.47 Å². The Morgan fingerprint density at radius 1 is 1.24 bits per heavy atom. The summed E-state index contributed by atoms with van der Waals surface area (Å²) in [5.74, 6) is -0.682. The second-order valence-electron chi connectivity index (χ2n) is 7.15. The summed E-state index contributed by atoms with van der Waals surface area (Å²) in [5, 5.41) is 0. The lowest BCUT2D eigenvalue weighted by Crippen LogP contribution is -2.58. The predicted octanol–water partition coefficient (Wildman–Crippen LogP) is 1.48. The van der Waals surface area contributed by atoms with Gasteiger partial charge in [0.25, 0.3) is 0 Å². The number of rotatable bonds is 4. The minimum atomic E-state index is -3.39. The highest BCUT2D eigenvalue weighted by Gasteiger charge is 2.99. The Kier molecular flexibility index (Phi) is 2.50. The number of ether oxygens (including phenoxy) is 2. The smallest absolute Gasteiger partial charge is 0.242 e. The summed E-state index contributed by atoms with van der Waals surface area (Å²) < 4.78 is 38.3. The van der Waals surface area contributed by atoms with Gasteiger partial charge in [-0.15, -0.1) is 0 Å². The third-order valence-electron chi connectivity index (χ3n) is 6.38. The molecule has 0 aromatic carbocycles. The van der Waals surface area contributed by atoms with Crippen LogP contribution in [0, 0.1) is 16.7 Å². The van der Waals surface area contributed by atoms with Crippen LogP contribution >= 0.6 is 0 Å². The van der Waals surface area contributed by atoms with E-state index in [4.69, 9.17) is 14.3 Å². The summed E-state index contributed by atoms with van der Waals surface area (Å²) in [6, 6.07) is 0. The first kappa shape index (κ1) is 14.4. The maximum absolute atomic E-state index is 12.5. The van der Waals surface area contributed by atoms with Crippen LogP contribution in [-0.2, 0) is 24.3 Å². The van der Waals surface area contributed by atoms with Crippen molar-refractivity contribution in [3.63, 3.8) is 0 Å². The number of hydroxylamine groups is 1. The average Bonchev–Trinajstić information content (AvgIpc) is 3.01. The number of sulfonamides is 1. The van der Waals surface area contributed by atoms with E-state index in [1.54, 1.807) is 0 Å². The summed E-state index contributed by atoms with van der Waals surface area (Å²) >= 11 is 0. The standard InChI is InChI=1S/C14H23NO5S/c1-5-18-13(19-6-2)10-7-8-12(11(10,3)4)9-21(16,17)15-14(12,13)20-15/h10H,5-9H2,1-4H3/t10-,12-,14+,15?/m0/s1. The molecule has 0 aromatic rings. The van der Waals surface area contributed by atoms with Crippen molar-refractivity contribution in [2.24, 2.45) is 16.7 Å². The van der Waals surface area contributed by atoms with Crippen molar-refractivity contribution in [2.45, 2.75) is 52.0 Å². The lowest BCUT2D eigenvalue weighted by atomic mass is 9.68. The van der Waals surface area contributed by atoms with Crippen LogP contribution in [0.5, 0.6) is 0 Å². The number of hydrogen-bond acceptors (Lipinski definition) is 5. The van der Waals surface area contributed by atoms with Crippen LogP contribution in [0.2, 0.25) is 0 Å². The molecule has 4 atom stereocenters. The van der Waals surface area contributed by atoms with Gasteiger partial charge in [-0.2, -0.15) is 0 Å². The molecule has 2 saturated carbocycles. The highest BCUT2D eigenvalue weighted by atomic mass is 32.2. The molecule has 4 fully saturated rings. The van der Waals surface area contributed by atoms with E-state index in [2.05, 4.69) is 13.8 Å². The molecule has 2 heterocycles. The van der Waals surface area contributed by atoms with Crippen molar-refractivity contribution in [3.05, 3.63) is 0 Å². The lowest BCUT2D eigenvalue weighted by Gasteiger charge is -2.41. The Bertz CT molecular complexity index is 596. The minimum Gasteiger partial charge on any atom is -0.346 e. The Labute approximate surface area is 125 Å². The van der Waals surface area contributed by atoms with Gasteiger partial charge in [-0.3, -0.25) is 0 Å². The summed E-state index contributed by atoms with van der Waals surface area (Å²) in [4.78, 5) is 5.76. The van der Waals surface area contributed by atoms with E-state index in [9.17, 15) is 8.42 Å². The number of fused-ring (bicyclic) bond motifs is 1. The Morgan fingerprint density at radius 2 is 1.86 bits per heavy atom. The van der Waals surface area contributed by atoms with Crippen molar-refractivity contribution in [2.75, 3.05) is 19.0 Å². The monoisotopic (exact) mass is 317 g/mol. The van der Waals surface area contributed by atoms with E-state index in [-0.39, 0.29) is 17.1 Å². The van der Waals surface area contributed by atoms with Gasteiger partial charge >= 0.3 is 0 Å². The molecule has 2 saturated heterocycles. The van der Waals surface area contributed by atoms with Gasteiger partial charge < -0.3 is 9.47 Å². The van der Waals surface area contributed by atoms with Crippen LogP contribution < -0.4 is 0 Å². The van der Waals surface area contributed by atoms with Crippen LogP contribution in [0.3, 0.4) is 0 Å². The predicted molar refractivity (Wildman–Crippen MR) is 74.4 cm³/mol. The van der Waals surface area contributed by atoms with E-state index < -0.39 is 27.0 Å². The quantitative estimate of drug-likeness (QED) is 0.580. The molecule has 4 aliphatic rings. The Balaban J connectivity index is 1.96. The topological polar surface area (TPSA) is 68.1 Å². The first-order valence-corrected chi connectivity index (χ1v) is 9.37. The summed E-state index contributed by atoms with van der Waals surface area (Å²) in [5.41, 5.74) is -1.58. The minimum absolute atomic E-state index is 0.144. The number of nitrogens with zero attached hydrogens (tertiary/aromatic N) is 1. The van der Waals surface area contributed by atoms with Gasteiger partial charge in [-0.25, -0.2) is 13.3 Å². The highest BCUT2D eigenvalue weighted by molar-refractivity contribution is 7.89. The number of hydrogen-bond donors (Lipinski definition) is 0. The molecule has 4 rings (SSSR count). The van der Waals surface area contributed by atoms with Crippen LogP contribution in [0.25, 0.3) is 0 Å². The van der Waals surface area contributed by atoms with Crippen molar-refractivity contribution >= 4 is 10.0 Å². The summed E-state index contributed by atoms with van der Waals surface area (Å²) in [7, 11) is -3.39. The molecule has 2 aliphatic heterocycles. The molecule has 21 heavy (non-hydrogen) atoms. The first-order chi connectivity index (χ1) is 9.76. The van der Waals surface area contributed by atoms with Crippen LogP contribution in [0.1, 0.15) is 40.5 Å². The maximum atomic E-state index is 12.5. The molecule has 2 bridgehead atoms. The van der Waals surface area contributed by atoms with E-state index in [1.807, 2.05) is 13.8 Å². The van der Waals surface area contributed by atoms with Gasteiger partial charge in [-0.05, 0) is 36.6 Å². The largest absolute Gasteiger partial charge is 0.346 e. The molecule has 2 aliphatic carbocycles. The molecule has 0 amide bonds. The molecule has 0 aromatic heterocycles. The summed E-state index contributed by atoms with van der Waals surface area (Å²) in [6.07, 6.45) is 1.77. The second kappa shape index (κ2) is 3.64. The first-order valence-electron chi connectivity index (χ1n) is 7.76.